The van der Waals surface area contributed by atoms with Crippen molar-refractivity contribution < 1.29 is 18.3 Å². The van der Waals surface area contributed by atoms with E-state index in [-0.39, 0.29) is 51.8 Å². The van der Waals surface area contributed by atoms with Crippen LogP contribution in [0.2, 0.25) is 0 Å². The lowest BCUT2D eigenvalue weighted by Gasteiger charge is -2.43. The van der Waals surface area contributed by atoms with Crippen molar-refractivity contribution in [3.63, 3.8) is 0 Å². The van der Waals surface area contributed by atoms with Gasteiger partial charge in [0.2, 0.25) is 0 Å². The minimum Gasteiger partial charge on any atom is -0.511 e. The van der Waals surface area contributed by atoms with Crippen molar-refractivity contribution in [1.29, 1.82) is 0 Å². The van der Waals surface area contributed by atoms with E-state index >= 15 is 0 Å². The zero-order valence-electron chi connectivity index (χ0n) is 17.2. The van der Waals surface area contributed by atoms with Gasteiger partial charge >= 0.3 is 0 Å². The molecule has 7 nitrogen and oxygen atoms in total. The molecule has 2 N–H and O–H groups in total. The van der Waals surface area contributed by atoms with E-state index in [4.69, 9.17) is 0 Å². The first-order chi connectivity index (χ1) is 14.7. The van der Waals surface area contributed by atoms with Crippen molar-refractivity contribution in [2.45, 2.75) is 37.6 Å². The van der Waals surface area contributed by atoms with Crippen molar-refractivity contribution in [3.05, 3.63) is 45.3 Å². The highest BCUT2D eigenvalue weighted by Crippen LogP contribution is 2.52. The Bertz CT molecular complexity index is 1170. The molecule has 31 heavy (non-hydrogen) atoms. The second kappa shape index (κ2) is 7.33. The predicted octanol–water partition coefficient (Wildman–Crippen LogP) is 3.70. The summed E-state index contributed by atoms with van der Waals surface area (Å²) in [7, 11) is -3.99. The van der Waals surface area contributed by atoms with Gasteiger partial charge in [0.1, 0.15) is 16.2 Å². The molecule has 2 aliphatic carbocycles. The number of amidine groups is 1. The number of rotatable bonds is 4. The molecule has 1 amide bonds. The quantitative estimate of drug-likeness (QED) is 0.438. The summed E-state index contributed by atoms with van der Waals surface area (Å²) in [5, 5.41) is 14.2. The van der Waals surface area contributed by atoms with Gasteiger partial charge in [-0.1, -0.05) is 26.0 Å². The number of carbonyl (C=O) groups is 1. The monoisotopic (exact) mass is 553 g/mol. The fourth-order valence-electron chi connectivity index (χ4n) is 5.25. The first-order valence-electron chi connectivity index (χ1n) is 10.5. The van der Waals surface area contributed by atoms with Crippen molar-refractivity contribution in [2.24, 2.45) is 28.1 Å². The number of hydrogen-bond donors (Lipinski definition) is 2. The van der Waals surface area contributed by atoms with E-state index < -0.39 is 10.0 Å². The van der Waals surface area contributed by atoms with Crippen LogP contribution < -0.4 is 5.32 Å². The maximum absolute atomic E-state index is 13.6. The molecule has 0 radical (unpaired) electrons. The molecule has 0 saturated heterocycles. The smallest absolute Gasteiger partial charge is 0.286 e. The number of hydrogen-bond acceptors (Lipinski definition) is 5. The summed E-state index contributed by atoms with van der Waals surface area (Å²) in [5.74, 6) is 0.0927. The van der Waals surface area contributed by atoms with Crippen LogP contribution in [-0.4, -0.2) is 42.8 Å². The zero-order valence-corrected chi connectivity index (χ0v) is 20.2. The number of nitrogens with zero attached hydrogens (tertiary/aromatic N) is 2. The van der Waals surface area contributed by atoms with Crippen LogP contribution in [0, 0.1) is 27.2 Å². The Labute approximate surface area is 195 Å². The molecule has 1 saturated carbocycles. The molecule has 9 heteroatoms. The number of halogens is 1. The highest BCUT2D eigenvalue weighted by Gasteiger charge is 2.55. The SMILES string of the molecule is CC(C)CCN1C(=O)C(C2=NS(=O)(=O)c3cc(I)ccc3N2)=C(O)C2C3C=CC(C3)C21. The number of carbonyl (C=O) groups excluding carboxylic acids is 1. The van der Waals surface area contributed by atoms with E-state index in [0.717, 1.165) is 16.4 Å². The summed E-state index contributed by atoms with van der Waals surface area (Å²) in [6.45, 7) is 4.79. The molecule has 4 unspecified atom stereocenters. The molecule has 1 fully saturated rings. The van der Waals surface area contributed by atoms with Gasteiger partial charge < -0.3 is 15.3 Å². The number of amides is 1. The summed E-state index contributed by atoms with van der Waals surface area (Å²) in [6, 6.07) is 4.90. The number of allylic oxidation sites excluding steroid dienone is 1. The maximum atomic E-state index is 13.6. The highest BCUT2D eigenvalue weighted by molar-refractivity contribution is 14.1. The summed E-state index contributed by atoms with van der Waals surface area (Å²) in [5.41, 5.74) is 0.348. The highest BCUT2D eigenvalue weighted by atomic mass is 127. The minimum atomic E-state index is -3.99. The van der Waals surface area contributed by atoms with Gasteiger partial charge in [0.25, 0.3) is 15.9 Å². The van der Waals surface area contributed by atoms with Gasteiger partial charge in [0.05, 0.1) is 5.69 Å². The maximum Gasteiger partial charge on any atom is 0.286 e. The van der Waals surface area contributed by atoms with Crippen molar-refractivity contribution in [3.8, 4) is 0 Å². The number of benzene rings is 1. The van der Waals surface area contributed by atoms with Gasteiger partial charge in [-0.2, -0.15) is 8.42 Å². The molecule has 1 aromatic carbocycles. The van der Waals surface area contributed by atoms with E-state index in [1.807, 2.05) is 27.5 Å². The Morgan fingerprint density at radius 2 is 2.03 bits per heavy atom. The number of aliphatic hydroxyl groups is 1. The standard InChI is InChI=1S/C22H24IN3O4S/c1-11(2)7-8-26-19-13-4-3-12(9-13)17(19)20(27)18(22(26)28)21-24-15-6-5-14(23)10-16(15)31(29,30)25-21/h3-6,10-13,17,19,27H,7-9H2,1-2H3,(H,24,25). The number of anilines is 1. The molecule has 4 aliphatic rings. The Hall–Kier alpha value is -1.88. The van der Waals surface area contributed by atoms with E-state index in [1.54, 1.807) is 18.2 Å². The fourth-order valence-corrected chi connectivity index (χ4v) is 7.10. The first-order valence-corrected chi connectivity index (χ1v) is 13.0. The first kappa shape index (κ1) is 21.0. The number of nitrogens with one attached hydrogen (secondary N) is 1. The Morgan fingerprint density at radius 1 is 1.29 bits per heavy atom. The molecular weight excluding hydrogens is 529 g/mol. The number of fused-ring (bicyclic) bond motifs is 6. The molecule has 2 bridgehead atoms. The van der Waals surface area contributed by atoms with E-state index in [1.165, 1.54) is 0 Å². The molecular formula is C22H24IN3O4S. The van der Waals surface area contributed by atoms with Gasteiger partial charge in [0, 0.05) is 22.1 Å². The fraction of sp³-hybridized carbons (Fsp3) is 0.455. The van der Waals surface area contributed by atoms with Crippen LogP contribution in [0.5, 0.6) is 0 Å². The topological polar surface area (TPSA) is 99.1 Å². The number of sulfonamides is 1. The van der Waals surface area contributed by atoms with Crippen LogP contribution in [0.3, 0.4) is 0 Å². The molecule has 5 rings (SSSR count). The van der Waals surface area contributed by atoms with Gasteiger partial charge in [0.15, 0.2) is 5.84 Å². The molecule has 4 atom stereocenters. The van der Waals surface area contributed by atoms with Crippen molar-refractivity contribution >= 4 is 50.0 Å². The van der Waals surface area contributed by atoms with Gasteiger partial charge in [-0.05, 0) is 71.4 Å². The third-order valence-corrected chi connectivity index (χ3v) is 8.68. The lowest BCUT2D eigenvalue weighted by atomic mass is 9.80. The predicted molar refractivity (Wildman–Crippen MR) is 126 cm³/mol. The Morgan fingerprint density at radius 3 is 2.77 bits per heavy atom. The third kappa shape index (κ3) is 3.31. The molecule has 0 aromatic heterocycles. The largest absolute Gasteiger partial charge is 0.511 e. The van der Waals surface area contributed by atoms with Gasteiger partial charge in [-0.25, -0.2) is 0 Å². The average molecular weight is 553 g/mol. The van der Waals surface area contributed by atoms with Crippen LogP contribution in [0.1, 0.15) is 26.7 Å². The second-order valence-corrected chi connectivity index (χ2v) is 11.9. The lowest BCUT2D eigenvalue weighted by Crippen LogP contribution is -2.54. The van der Waals surface area contributed by atoms with E-state index in [2.05, 4.69) is 35.7 Å². The van der Waals surface area contributed by atoms with Crippen LogP contribution in [-0.2, 0) is 14.8 Å². The van der Waals surface area contributed by atoms with Crippen LogP contribution in [0.4, 0.5) is 5.69 Å². The summed E-state index contributed by atoms with van der Waals surface area (Å²) < 4.78 is 30.4. The van der Waals surface area contributed by atoms with E-state index in [0.29, 0.717) is 18.2 Å². The van der Waals surface area contributed by atoms with Gasteiger partial charge in [-0.15, -0.1) is 4.40 Å². The zero-order chi connectivity index (χ0) is 22.1. The van der Waals surface area contributed by atoms with Crippen LogP contribution in [0.15, 0.2) is 51.0 Å². The Balaban J connectivity index is 1.61. The normalized spacial score (nSPS) is 30.4. The third-order valence-electron chi connectivity index (χ3n) is 6.69. The van der Waals surface area contributed by atoms with Crippen molar-refractivity contribution in [1.82, 2.24) is 4.90 Å². The molecule has 1 aromatic rings. The summed E-state index contributed by atoms with van der Waals surface area (Å²) in [6.07, 6.45) is 6.00. The number of aliphatic hydroxyl groups excluding tert-OH is 1. The van der Waals surface area contributed by atoms with Crippen LogP contribution in [0.25, 0.3) is 0 Å². The summed E-state index contributed by atoms with van der Waals surface area (Å²) in [4.78, 5) is 15.5. The second-order valence-electron chi connectivity index (χ2n) is 9.09. The van der Waals surface area contributed by atoms with Gasteiger partial charge in [-0.3, -0.25) is 4.79 Å². The van der Waals surface area contributed by atoms with Crippen LogP contribution >= 0.6 is 22.6 Å². The van der Waals surface area contributed by atoms with E-state index in [9.17, 15) is 18.3 Å². The molecule has 164 valence electrons. The Kier molecular flexibility index (Phi) is 4.96. The molecule has 0 spiro atoms. The average Bonchev–Trinajstić information content (AvgIpc) is 3.30. The molecule has 2 aliphatic heterocycles. The minimum absolute atomic E-state index is 0.0151. The molecule has 2 heterocycles. The van der Waals surface area contributed by atoms with Crippen molar-refractivity contribution in [2.75, 3.05) is 11.9 Å². The lowest BCUT2D eigenvalue weighted by molar-refractivity contribution is -0.132. The summed E-state index contributed by atoms with van der Waals surface area (Å²) >= 11 is 2.04.